The molecule has 1 nitrogen and oxygen atoms in total. The normalized spacial score (nSPS) is 52.1. The molecule has 0 radical (unpaired) electrons. The molecule has 0 heterocycles. The van der Waals surface area contributed by atoms with Crippen LogP contribution in [-0.4, -0.2) is 11.7 Å². The van der Waals surface area contributed by atoms with E-state index in [1.807, 2.05) is 0 Å². The van der Waals surface area contributed by atoms with E-state index >= 15 is 0 Å². The van der Waals surface area contributed by atoms with Crippen molar-refractivity contribution in [2.75, 3.05) is 6.61 Å². The Labute approximate surface area is 106 Å². The zero-order valence-electron chi connectivity index (χ0n) is 11.9. The first-order valence-corrected chi connectivity index (χ1v) is 7.57. The van der Waals surface area contributed by atoms with Crippen molar-refractivity contribution in [1.82, 2.24) is 0 Å². The average Bonchev–Trinajstić information content (AvgIpc) is 3.18. The summed E-state index contributed by atoms with van der Waals surface area (Å²) in [6, 6.07) is 0. The molecule has 0 aromatic carbocycles. The Morgan fingerprint density at radius 1 is 1.24 bits per heavy atom. The summed E-state index contributed by atoms with van der Waals surface area (Å²) < 4.78 is 0. The molecule has 98 valence electrons. The van der Waals surface area contributed by atoms with Gasteiger partial charge < -0.3 is 5.11 Å². The monoisotopic (exact) mass is 236 g/mol. The Morgan fingerprint density at radius 2 is 1.94 bits per heavy atom. The summed E-state index contributed by atoms with van der Waals surface area (Å²) in [5, 5.41) is 9.61. The third-order valence-corrected chi connectivity index (χ3v) is 6.93. The first-order valence-electron chi connectivity index (χ1n) is 7.57. The Balaban J connectivity index is 1.70. The molecule has 6 atom stereocenters. The highest BCUT2D eigenvalue weighted by molar-refractivity contribution is 5.12. The number of hydrogen-bond acceptors (Lipinski definition) is 1. The van der Waals surface area contributed by atoms with Gasteiger partial charge >= 0.3 is 0 Å². The van der Waals surface area contributed by atoms with Gasteiger partial charge in [-0.1, -0.05) is 27.7 Å². The number of aliphatic hydroxyl groups is 1. The molecule has 6 unspecified atom stereocenters. The fraction of sp³-hybridized carbons (Fsp3) is 1.00. The molecule has 0 amide bonds. The number of fused-ring (bicyclic) bond motifs is 1. The average molecular weight is 236 g/mol. The molecule has 3 rings (SSSR count). The van der Waals surface area contributed by atoms with Crippen LogP contribution in [0.15, 0.2) is 0 Å². The molecule has 3 aliphatic carbocycles. The van der Waals surface area contributed by atoms with Crippen LogP contribution in [0.5, 0.6) is 0 Å². The van der Waals surface area contributed by atoms with Crippen molar-refractivity contribution < 1.29 is 5.11 Å². The van der Waals surface area contributed by atoms with E-state index in [1.165, 1.54) is 25.7 Å². The van der Waals surface area contributed by atoms with Crippen molar-refractivity contribution in [3.63, 3.8) is 0 Å². The summed E-state index contributed by atoms with van der Waals surface area (Å²) in [6.07, 6.45) is 5.42. The second kappa shape index (κ2) is 3.50. The van der Waals surface area contributed by atoms with Gasteiger partial charge in [-0.25, -0.2) is 0 Å². The van der Waals surface area contributed by atoms with Gasteiger partial charge in [0.2, 0.25) is 0 Å². The van der Waals surface area contributed by atoms with Gasteiger partial charge in [-0.15, -0.1) is 0 Å². The Bertz CT molecular complexity index is 315. The van der Waals surface area contributed by atoms with Crippen LogP contribution in [0.3, 0.4) is 0 Å². The molecule has 1 heteroatoms. The van der Waals surface area contributed by atoms with E-state index in [0.717, 1.165) is 29.6 Å². The molecule has 0 aromatic rings. The quantitative estimate of drug-likeness (QED) is 0.789. The topological polar surface area (TPSA) is 20.2 Å². The first kappa shape index (κ1) is 12.0. The van der Waals surface area contributed by atoms with E-state index in [9.17, 15) is 5.11 Å². The maximum absolute atomic E-state index is 9.61. The maximum atomic E-state index is 9.61. The second-order valence-corrected chi connectivity index (χ2v) is 7.81. The fourth-order valence-electron chi connectivity index (χ4n) is 5.32. The van der Waals surface area contributed by atoms with Crippen molar-refractivity contribution in [3.05, 3.63) is 0 Å². The lowest BCUT2D eigenvalue weighted by molar-refractivity contribution is 0.110. The molecule has 3 saturated carbocycles. The van der Waals surface area contributed by atoms with Crippen molar-refractivity contribution in [3.8, 4) is 0 Å². The number of hydrogen-bond donors (Lipinski definition) is 1. The zero-order valence-corrected chi connectivity index (χ0v) is 11.9. The number of rotatable bonds is 4. The van der Waals surface area contributed by atoms with Crippen LogP contribution in [0.25, 0.3) is 0 Å². The van der Waals surface area contributed by atoms with Gasteiger partial charge in [0.15, 0.2) is 0 Å². The van der Waals surface area contributed by atoms with E-state index in [0.29, 0.717) is 17.4 Å². The van der Waals surface area contributed by atoms with Gasteiger partial charge in [-0.2, -0.15) is 0 Å². The van der Waals surface area contributed by atoms with E-state index in [-0.39, 0.29) is 0 Å². The molecule has 1 N–H and O–H groups in total. The molecule has 0 saturated heterocycles. The van der Waals surface area contributed by atoms with E-state index < -0.39 is 0 Å². The predicted molar refractivity (Wildman–Crippen MR) is 70.6 cm³/mol. The molecular weight excluding hydrogens is 208 g/mol. The van der Waals surface area contributed by atoms with Gasteiger partial charge in [0, 0.05) is 6.61 Å². The van der Waals surface area contributed by atoms with Crippen LogP contribution in [0.1, 0.15) is 53.4 Å². The zero-order chi connectivity index (χ0) is 12.4. The minimum absolute atomic E-state index is 0.308. The van der Waals surface area contributed by atoms with Gasteiger partial charge in [-0.05, 0) is 66.1 Å². The summed E-state index contributed by atoms with van der Waals surface area (Å²) in [5.41, 5.74) is 0.879. The third kappa shape index (κ3) is 1.54. The summed E-state index contributed by atoms with van der Waals surface area (Å²) in [6.45, 7) is 10.1. The van der Waals surface area contributed by atoms with E-state index in [1.54, 1.807) is 0 Å². The molecule has 3 aliphatic rings. The first-order chi connectivity index (χ1) is 7.96. The Morgan fingerprint density at radius 3 is 2.35 bits per heavy atom. The van der Waals surface area contributed by atoms with Crippen molar-refractivity contribution in [1.29, 1.82) is 0 Å². The Kier molecular flexibility index (Phi) is 2.47. The molecule has 0 aromatic heterocycles. The van der Waals surface area contributed by atoms with Crippen LogP contribution < -0.4 is 0 Å². The van der Waals surface area contributed by atoms with Gasteiger partial charge in [-0.3, -0.25) is 0 Å². The number of aliphatic hydroxyl groups excluding tert-OH is 1. The van der Waals surface area contributed by atoms with Gasteiger partial charge in [0.05, 0.1) is 0 Å². The highest BCUT2D eigenvalue weighted by Gasteiger charge is 2.63. The fourth-order valence-corrected chi connectivity index (χ4v) is 5.32. The minimum Gasteiger partial charge on any atom is -0.396 e. The lowest BCUT2D eigenvalue weighted by Crippen LogP contribution is -2.30. The smallest absolute Gasteiger partial charge is 0.0490 e. The van der Waals surface area contributed by atoms with E-state index in [4.69, 9.17) is 0 Å². The third-order valence-electron chi connectivity index (χ3n) is 6.93. The van der Waals surface area contributed by atoms with Crippen LogP contribution in [-0.2, 0) is 0 Å². The van der Waals surface area contributed by atoms with Crippen LogP contribution in [0.2, 0.25) is 0 Å². The van der Waals surface area contributed by atoms with Crippen LogP contribution >= 0.6 is 0 Å². The highest BCUT2D eigenvalue weighted by atomic mass is 16.3. The Hall–Kier alpha value is -0.0400. The van der Waals surface area contributed by atoms with Gasteiger partial charge in [0.1, 0.15) is 0 Å². The maximum Gasteiger partial charge on any atom is 0.0490 e. The molecule has 0 aliphatic heterocycles. The molecule has 17 heavy (non-hydrogen) atoms. The molecule has 0 bridgehead atoms. The lowest BCUT2D eigenvalue weighted by Gasteiger charge is -2.36. The summed E-state index contributed by atoms with van der Waals surface area (Å²) in [4.78, 5) is 0. The second-order valence-electron chi connectivity index (χ2n) is 7.81. The summed E-state index contributed by atoms with van der Waals surface area (Å²) >= 11 is 0. The minimum atomic E-state index is 0.308. The summed E-state index contributed by atoms with van der Waals surface area (Å²) in [7, 11) is 0. The predicted octanol–water partition coefficient (Wildman–Crippen LogP) is 3.71. The van der Waals surface area contributed by atoms with Crippen molar-refractivity contribution >= 4 is 0 Å². The van der Waals surface area contributed by atoms with E-state index in [2.05, 4.69) is 27.7 Å². The van der Waals surface area contributed by atoms with Crippen molar-refractivity contribution in [2.24, 2.45) is 40.4 Å². The van der Waals surface area contributed by atoms with Crippen LogP contribution in [0.4, 0.5) is 0 Å². The molecular formula is C16H28O. The summed E-state index contributed by atoms with van der Waals surface area (Å²) in [5.74, 6) is 4.63. The molecule has 0 spiro atoms. The standard InChI is InChI=1S/C16H28O/c1-5-16(9-17)8-14(16)10(2)12-6-11-7-13(11)15(12,3)4/h10-14,17H,5-9H2,1-4H3. The SMILES string of the molecule is CCC1(CO)CC1C(C)C1CC2CC2C1(C)C. The largest absolute Gasteiger partial charge is 0.396 e. The highest BCUT2D eigenvalue weighted by Crippen LogP contribution is 2.70. The van der Waals surface area contributed by atoms with Gasteiger partial charge in [0.25, 0.3) is 0 Å². The lowest BCUT2D eigenvalue weighted by atomic mass is 9.69. The van der Waals surface area contributed by atoms with Crippen molar-refractivity contribution in [2.45, 2.75) is 53.4 Å². The van der Waals surface area contributed by atoms with Crippen LogP contribution in [0, 0.1) is 40.4 Å². The molecule has 3 fully saturated rings.